The average molecular weight is 202 g/mol. The predicted molar refractivity (Wildman–Crippen MR) is 56.3 cm³/mol. The molecule has 1 aliphatic heterocycles. The number of hydrogen-bond acceptors (Lipinski definition) is 4. The minimum absolute atomic E-state index is 0.260. The van der Waals surface area contributed by atoms with E-state index in [4.69, 9.17) is 15.2 Å². The van der Waals surface area contributed by atoms with Crippen LogP contribution in [0.2, 0.25) is 0 Å². The molecule has 4 heteroatoms. The highest BCUT2D eigenvalue weighted by Crippen LogP contribution is 2.11. The van der Waals surface area contributed by atoms with E-state index in [0.29, 0.717) is 6.04 Å². The van der Waals surface area contributed by atoms with Crippen LogP contribution in [-0.2, 0) is 9.47 Å². The fourth-order valence-corrected chi connectivity index (χ4v) is 1.82. The normalized spacial score (nSPS) is 28.3. The van der Waals surface area contributed by atoms with Crippen LogP contribution >= 0.6 is 0 Å². The minimum Gasteiger partial charge on any atom is -0.385 e. The molecule has 0 radical (unpaired) electrons. The van der Waals surface area contributed by atoms with Gasteiger partial charge in [0, 0.05) is 39.0 Å². The largest absolute Gasteiger partial charge is 0.385 e. The molecule has 0 spiro atoms. The van der Waals surface area contributed by atoms with Gasteiger partial charge in [0.1, 0.15) is 0 Å². The van der Waals surface area contributed by atoms with Gasteiger partial charge < -0.3 is 15.2 Å². The maximum Gasteiger partial charge on any atom is 0.0636 e. The molecule has 2 N–H and O–H groups in total. The van der Waals surface area contributed by atoms with E-state index in [1.54, 1.807) is 7.11 Å². The second-order valence-corrected chi connectivity index (χ2v) is 3.92. The van der Waals surface area contributed by atoms with Gasteiger partial charge in [0.25, 0.3) is 0 Å². The smallest absolute Gasteiger partial charge is 0.0636 e. The Balaban J connectivity index is 2.23. The summed E-state index contributed by atoms with van der Waals surface area (Å²) >= 11 is 0. The summed E-state index contributed by atoms with van der Waals surface area (Å²) in [6.45, 7) is 3.41. The summed E-state index contributed by atoms with van der Waals surface area (Å²) in [4.78, 5) is 2.28. The summed E-state index contributed by atoms with van der Waals surface area (Å²) in [5.41, 5.74) is 6.03. The molecule has 2 atom stereocenters. The molecule has 1 rings (SSSR count). The lowest BCUT2D eigenvalue weighted by atomic mass is 10.0. The number of methoxy groups -OCH3 is 1. The molecule has 4 nitrogen and oxygen atoms in total. The summed E-state index contributed by atoms with van der Waals surface area (Å²) < 4.78 is 10.4. The highest BCUT2D eigenvalue weighted by atomic mass is 16.5. The zero-order valence-electron chi connectivity index (χ0n) is 9.24. The Hall–Kier alpha value is -0.160. The molecular weight excluding hydrogens is 180 g/mol. The summed E-state index contributed by atoms with van der Waals surface area (Å²) in [6, 6.07) is 0.636. The molecule has 84 valence electrons. The van der Waals surface area contributed by atoms with Crippen LogP contribution in [0.4, 0.5) is 0 Å². The van der Waals surface area contributed by atoms with Gasteiger partial charge in [-0.2, -0.15) is 0 Å². The SMILES string of the molecule is COCCCN(C)C1COCCC1N. The fraction of sp³-hybridized carbons (Fsp3) is 1.00. The maximum atomic E-state index is 6.03. The van der Waals surface area contributed by atoms with Crippen LogP contribution in [0.1, 0.15) is 12.8 Å². The van der Waals surface area contributed by atoms with Gasteiger partial charge in [0.05, 0.1) is 6.61 Å². The highest BCUT2D eigenvalue weighted by Gasteiger charge is 2.25. The lowest BCUT2D eigenvalue weighted by molar-refractivity contribution is 0.0131. The van der Waals surface area contributed by atoms with Crippen molar-refractivity contribution in [3.05, 3.63) is 0 Å². The molecule has 0 aromatic heterocycles. The first kappa shape index (κ1) is 11.9. The quantitative estimate of drug-likeness (QED) is 0.641. The Kier molecular flexibility index (Phi) is 5.40. The third kappa shape index (κ3) is 3.53. The first-order valence-electron chi connectivity index (χ1n) is 5.28. The van der Waals surface area contributed by atoms with E-state index in [1.807, 2.05) is 0 Å². The van der Waals surface area contributed by atoms with Crippen LogP contribution in [0.5, 0.6) is 0 Å². The molecule has 0 saturated carbocycles. The first-order chi connectivity index (χ1) is 6.75. The molecule has 14 heavy (non-hydrogen) atoms. The van der Waals surface area contributed by atoms with Gasteiger partial charge in [0.15, 0.2) is 0 Å². The summed E-state index contributed by atoms with van der Waals surface area (Å²) in [6.07, 6.45) is 2.02. The Bertz CT molecular complexity index is 155. The number of nitrogens with two attached hydrogens (primary N) is 1. The zero-order valence-corrected chi connectivity index (χ0v) is 9.24. The molecule has 0 aromatic rings. The number of rotatable bonds is 5. The van der Waals surface area contributed by atoms with Gasteiger partial charge in [-0.05, 0) is 19.9 Å². The second-order valence-electron chi connectivity index (χ2n) is 3.92. The zero-order chi connectivity index (χ0) is 10.4. The molecule has 1 heterocycles. The van der Waals surface area contributed by atoms with Crippen molar-refractivity contribution in [3.8, 4) is 0 Å². The maximum absolute atomic E-state index is 6.03. The molecule has 1 fully saturated rings. The molecule has 2 unspecified atom stereocenters. The molecular formula is C10H22N2O2. The summed E-state index contributed by atoms with van der Waals surface area (Å²) in [5, 5.41) is 0. The number of nitrogens with zero attached hydrogens (tertiary/aromatic N) is 1. The van der Waals surface area contributed by atoms with Crippen molar-refractivity contribution in [2.75, 3.05) is 40.5 Å². The average Bonchev–Trinajstić information content (AvgIpc) is 2.18. The molecule has 1 saturated heterocycles. The number of ether oxygens (including phenoxy) is 2. The molecule has 0 bridgehead atoms. The van der Waals surface area contributed by atoms with Crippen molar-refractivity contribution in [3.63, 3.8) is 0 Å². The van der Waals surface area contributed by atoms with Crippen LogP contribution in [0, 0.1) is 0 Å². The first-order valence-corrected chi connectivity index (χ1v) is 5.28. The lowest BCUT2D eigenvalue weighted by Gasteiger charge is -2.35. The van der Waals surface area contributed by atoms with Gasteiger partial charge in [0.2, 0.25) is 0 Å². The third-order valence-corrected chi connectivity index (χ3v) is 2.80. The lowest BCUT2D eigenvalue weighted by Crippen LogP contribution is -2.52. The standard InChI is InChI=1S/C10H22N2O2/c1-12(5-3-6-13-2)10-8-14-7-4-9(10)11/h9-10H,3-8,11H2,1-2H3. The number of likely N-dealkylation sites (N-methyl/N-ethyl adjacent to an activating group) is 1. The third-order valence-electron chi connectivity index (χ3n) is 2.80. The predicted octanol–water partition coefficient (Wildman–Crippen LogP) is 0.0709. The van der Waals surface area contributed by atoms with Crippen molar-refractivity contribution in [1.29, 1.82) is 0 Å². The summed E-state index contributed by atoms with van der Waals surface area (Å²) in [7, 11) is 3.84. The number of hydrogen-bond donors (Lipinski definition) is 1. The Morgan fingerprint density at radius 2 is 2.36 bits per heavy atom. The van der Waals surface area contributed by atoms with E-state index >= 15 is 0 Å². The van der Waals surface area contributed by atoms with Gasteiger partial charge in [-0.25, -0.2) is 0 Å². The van der Waals surface area contributed by atoms with Gasteiger partial charge in [-0.15, -0.1) is 0 Å². The van der Waals surface area contributed by atoms with E-state index in [1.165, 1.54) is 0 Å². The fourth-order valence-electron chi connectivity index (χ4n) is 1.82. The van der Waals surface area contributed by atoms with Crippen LogP contribution < -0.4 is 5.73 Å². The van der Waals surface area contributed by atoms with Gasteiger partial charge in [-0.3, -0.25) is 4.90 Å². The van der Waals surface area contributed by atoms with E-state index in [2.05, 4.69) is 11.9 Å². The van der Waals surface area contributed by atoms with Crippen LogP contribution in [0.15, 0.2) is 0 Å². The Labute approximate surface area is 86.3 Å². The van der Waals surface area contributed by atoms with E-state index < -0.39 is 0 Å². The highest BCUT2D eigenvalue weighted by molar-refractivity contribution is 4.83. The van der Waals surface area contributed by atoms with E-state index in [0.717, 1.165) is 39.2 Å². The molecule has 0 amide bonds. The topological polar surface area (TPSA) is 47.7 Å². The van der Waals surface area contributed by atoms with Crippen LogP contribution in [-0.4, -0.2) is 57.5 Å². The van der Waals surface area contributed by atoms with Gasteiger partial charge in [-0.1, -0.05) is 0 Å². The van der Waals surface area contributed by atoms with Crippen molar-refractivity contribution in [1.82, 2.24) is 4.90 Å². The van der Waals surface area contributed by atoms with Gasteiger partial charge >= 0.3 is 0 Å². The molecule has 0 aromatic carbocycles. The monoisotopic (exact) mass is 202 g/mol. The van der Waals surface area contributed by atoms with Crippen molar-refractivity contribution in [2.45, 2.75) is 24.9 Å². The van der Waals surface area contributed by atoms with Crippen LogP contribution in [0.25, 0.3) is 0 Å². The van der Waals surface area contributed by atoms with Crippen molar-refractivity contribution in [2.24, 2.45) is 5.73 Å². The molecule has 0 aliphatic carbocycles. The molecule has 1 aliphatic rings. The van der Waals surface area contributed by atoms with Crippen LogP contribution in [0.3, 0.4) is 0 Å². The van der Waals surface area contributed by atoms with E-state index in [9.17, 15) is 0 Å². The Morgan fingerprint density at radius 3 is 3.00 bits per heavy atom. The van der Waals surface area contributed by atoms with E-state index in [-0.39, 0.29) is 6.04 Å². The van der Waals surface area contributed by atoms with Crippen molar-refractivity contribution >= 4 is 0 Å². The van der Waals surface area contributed by atoms with Crippen molar-refractivity contribution < 1.29 is 9.47 Å². The minimum atomic E-state index is 0.260. The Morgan fingerprint density at radius 1 is 1.57 bits per heavy atom. The second kappa shape index (κ2) is 6.35. The summed E-state index contributed by atoms with van der Waals surface area (Å²) in [5.74, 6) is 0.